The summed E-state index contributed by atoms with van der Waals surface area (Å²) in [5.74, 6) is 0.964. The number of hydrogen-bond donors (Lipinski definition) is 1. The van der Waals surface area contributed by atoms with Crippen molar-refractivity contribution in [1.29, 1.82) is 0 Å². The highest BCUT2D eigenvalue weighted by Crippen LogP contribution is 2.45. The van der Waals surface area contributed by atoms with Crippen LogP contribution in [0.1, 0.15) is 63.1 Å². The Balaban J connectivity index is 1.66. The second-order valence-corrected chi connectivity index (χ2v) is 7.77. The van der Waals surface area contributed by atoms with Crippen molar-refractivity contribution in [2.24, 2.45) is 11.3 Å². The lowest BCUT2D eigenvalue weighted by molar-refractivity contribution is 0.264. The Morgan fingerprint density at radius 1 is 1.25 bits per heavy atom. The number of rotatable bonds is 4. The lowest BCUT2D eigenvalue weighted by Gasteiger charge is -2.29. The van der Waals surface area contributed by atoms with Crippen LogP contribution in [0.4, 0.5) is 0 Å². The monoisotopic (exact) mass is 291 g/mol. The molecular weight excluding hydrogens is 266 g/mol. The maximum atomic E-state index is 6.19. The summed E-state index contributed by atoms with van der Waals surface area (Å²) in [5.41, 5.74) is 3.19. The van der Waals surface area contributed by atoms with Gasteiger partial charge in [-0.3, -0.25) is 0 Å². The highest BCUT2D eigenvalue weighted by atomic mass is 35.5. The number of halogens is 1. The molecule has 2 heteroatoms. The molecule has 0 saturated heterocycles. The van der Waals surface area contributed by atoms with Gasteiger partial charge in [0.2, 0.25) is 0 Å². The van der Waals surface area contributed by atoms with Crippen LogP contribution in [0.25, 0.3) is 0 Å². The van der Waals surface area contributed by atoms with E-state index in [4.69, 9.17) is 11.6 Å². The molecule has 1 atom stereocenters. The van der Waals surface area contributed by atoms with Crippen LogP contribution in [-0.2, 0) is 6.42 Å². The van der Waals surface area contributed by atoms with Crippen LogP contribution in [-0.4, -0.2) is 6.54 Å². The van der Waals surface area contributed by atoms with Crippen molar-refractivity contribution in [2.45, 2.75) is 58.4 Å². The molecule has 0 bridgehead atoms. The third-order valence-corrected chi connectivity index (χ3v) is 5.46. The molecule has 2 aliphatic rings. The molecule has 0 heterocycles. The van der Waals surface area contributed by atoms with Gasteiger partial charge < -0.3 is 5.32 Å². The van der Waals surface area contributed by atoms with Crippen molar-refractivity contribution in [2.75, 3.05) is 6.54 Å². The summed E-state index contributed by atoms with van der Waals surface area (Å²) in [5, 5.41) is 4.69. The molecule has 0 aliphatic heterocycles. The summed E-state index contributed by atoms with van der Waals surface area (Å²) in [6.07, 6.45) is 8.26. The standard InChI is InChI=1S/C18H26ClN/c1-18(2)12-14-7-8-15(19)11-16(14)17(18)20-10-9-13-5-3-4-6-13/h7-8,11,13,17,20H,3-6,9-10,12H2,1-2H3. The van der Waals surface area contributed by atoms with Crippen LogP contribution >= 0.6 is 11.6 Å². The molecular formula is C18H26ClN. The Morgan fingerprint density at radius 3 is 2.75 bits per heavy atom. The molecule has 1 fully saturated rings. The molecule has 0 spiro atoms. The van der Waals surface area contributed by atoms with E-state index in [1.54, 1.807) is 0 Å². The average Bonchev–Trinajstić information content (AvgIpc) is 2.97. The number of fused-ring (bicyclic) bond motifs is 1. The van der Waals surface area contributed by atoms with Crippen molar-refractivity contribution >= 4 is 11.6 Å². The maximum absolute atomic E-state index is 6.19. The third kappa shape index (κ3) is 2.89. The van der Waals surface area contributed by atoms with Crippen LogP contribution in [0, 0.1) is 11.3 Å². The summed E-state index contributed by atoms with van der Waals surface area (Å²) in [6, 6.07) is 6.85. The highest BCUT2D eigenvalue weighted by molar-refractivity contribution is 6.30. The molecule has 0 amide bonds. The number of benzene rings is 1. The van der Waals surface area contributed by atoms with Crippen molar-refractivity contribution in [3.63, 3.8) is 0 Å². The Morgan fingerprint density at radius 2 is 2.00 bits per heavy atom. The van der Waals surface area contributed by atoms with Crippen LogP contribution in [0.15, 0.2) is 18.2 Å². The minimum Gasteiger partial charge on any atom is -0.309 e. The van der Waals surface area contributed by atoms with Gasteiger partial charge in [0.25, 0.3) is 0 Å². The normalized spacial score (nSPS) is 25.1. The quantitative estimate of drug-likeness (QED) is 0.810. The Bertz CT molecular complexity index is 474. The van der Waals surface area contributed by atoms with Crippen LogP contribution in [0.3, 0.4) is 0 Å². The molecule has 0 aromatic heterocycles. The van der Waals surface area contributed by atoms with Gasteiger partial charge in [0.15, 0.2) is 0 Å². The van der Waals surface area contributed by atoms with Crippen molar-refractivity contribution in [3.8, 4) is 0 Å². The predicted molar refractivity (Wildman–Crippen MR) is 86.3 cm³/mol. The highest BCUT2D eigenvalue weighted by Gasteiger charge is 2.38. The van der Waals surface area contributed by atoms with Crippen molar-refractivity contribution < 1.29 is 0 Å². The van der Waals surface area contributed by atoms with Crippen LogP contribution < -0.4 is 5.32 Å². The largest absolute Gasteiger partial charge is 0.309 e. The fourth-order valence-corrected chi connectivity index (χ4v) is 4.31. The molecule has 1 aromatic carbocycles. The smallest absolute Gasteiger partial charge is 0.0409 e. The summed E-state index contributed by atoms with van der Waals surface area (Å²) < 4.78 is 0. The fourth-order valence-electron chi connectivity index (χ4n) is 4.13. The second kappa shape index (κ2) is 5.69. The first-order chi connectivity index (χ1) is 9.56. The Hall–Kier alpha value is -0.530. The predicted octanol–water partition coefficient (Wildman–Crippen LogP) is 5.13. The van der Waals surface area contributed by atoms with E-state index < -0.39 is 0 Å². The van der Waals surface area contributed by atoms with E-state index in [1.807, 2.05) is 6.07 Å². The van der Waals surface area contributed by atoms with Crippen molar-refractivity contribution in [3.05, 3.63) is 34.3 Å². The van der Waals surface area contributed by atoms with Gasteiger partial charge in [0.05, 0.1) is 0 Å². The molecule has 1 unspecified atom stereocenters. The summed E-state index contributed by atoms with van der Waals surface area (Å²) >= 11 is 6.19. The minimum absolute atomic E-state index is 0.294. The number of hydrogen-bond acceptors (Lipinski definition) is 1. The first-order valence-electron chi connectivity index (χ1n) is 8.08. The molecule has 1 nitrogen and oxygen atoms in total. The van der Waals surface area contributed by atoms with Gasteiger partial charge in [-0.2, -0.15) is 0 Å². The molecule has 1 aromatic rings. The molecule has 0 radical (unpaired) electrons. The van der Waals surface area contributed by atoms with Gasteiger partial charge in [-0.1, -0.05) is 57.2 Å². The van der Waals surface area contributed by atoms with Gasteiger partial charge in [0, 0.05) is 11.1 Å². The molecule has 20 heavy (non-hydrogen) atoms. The van der Waals surface area contributed by atoms with E-state index in [2.05, 4.69) is 31.3 Å². The molecule has 110 valence electrons. The van der Waals surface area contributed by atoms with E-state index >= 15 is 0 Å². The molecule has 1 N–H and O–H groups in total. The molecule has 2 aliphatic carbocycles. The van der Waals surface area contributed by atoms with Crippen LogP contribution in [0.5, 0.6) is 0 Å². The summed E-state index contributed by atoms with van der Waals surface area (Å²) in [4.78, 5) is 0. The zero-order valence-electron chi connectivity index (χ0n) is 12.7. The topological polar surface area (TPSA) is 12.0 Å². The molecule has 1 saturated carbocycles. The fraction of sp³-hybridized carbons (Fsp3) is 0.667. The van der Waals surface area contributed by atoms with Gasteiger partial charge in [-0.25, -0.2) is 0 Å². The van der Waals surface area contributed by atoms with Gasteiger partial charge >= 0.3 is 0 Å². The SMILES string of the molecule is CC1(C)Cc2ccc(Cl)cc2C1NCCC1CCCC1. The third-order valence-electron chi connectivity index (χ3n) is 5.22. The first-order valence-corrected chi connectivity index (χ1v) is 8.46. The van der Waals surface area contributed by atoms with Crippen molar-refractivity contribution in [1.82, 2.24) is 5.32 Å². The van der Waals surface area contributed by atoms with E-state index in [-0.39, 0.29) is 0 Å². The van der Waals surface area contributed by atoms with Gasteiger partial charge in [0.1, 0.15) is 0 Å². The Kier molecular flexibility index (Phi) is 4.10. The van der Waals surface area contributed by atoms with E-state index in [9.17, 15) is 0 Å². The summed E-state index contributed by atoms with van der Waals surface area (Å²) in [7, 11) is 0. The van der Waals surface area contributed by atoms with Crippen LogP contribution in [0.2, 0.25) is 5.02 Å². The van der Waals surface area contributed by atoms with Gasteiger partial charge in [-0.15, -0.1) is 0 Å². The zero-order valence-corrected chi connectivity index (χ0v) is 13.5. The molecule has 3 rings (SSSR count). The maximum Gasteiger partial charge on any atom is 0.0409 e. The Labute approximate surface area is 128 Å². The first kappa shape index (κ1) is 14.4. The lowest BCUT2D eigenvalue weighted by Crippen LogP contribution is -2.32. The van der Waals surface area contributed by atoms with E-state index in [1.165, 1.54) is 43.2 Å². The van der Waals surface area contributed by atoms with Gasteiger partial charge in [-0.05, 0) is 54.0 Å². The summed E-state index contributed by atoms with van der Waals surface area (Å²) in [6.45, 7) is 5.88. The lowest BCUT2D eigenvalue weighted by atomic mass is 9.85. The number of nitrogens with one attached hydrogen (secondary N) is 1. The van der Waals surface area contributed by atoms with E-state index in [0.717, 1.165) is 23.9 Å². The minimum atomic E-state index is 0.294. The van der Waals surface area contributed by atoms with E-state index in [0.29, 0.717) is 11.5 Å². The average molecular weight is 292 g/mol. The second-order valence-electron chi connectivity index (χ2n) is 7.33. The zero-order chi connectivity index (χ0) is 14.2.